The maximum atomic E-state index is 9.48. The molecule has 7 heteroatoms. The topological polar surface area (TPSA) is 83.5 Å². The number of aromatic hydroxyl groups is 2. The van der Waals surface area contributed by atoms with Gasteiger partial charge in [0.15, 0.2) is 17.3 Å². The van der Waals surface area contributed by atoms with Gasteiger partial charge in [-0.1, -0.05) is 18.3 Å². The van der Waals surface area contributed by atoms with E-state index in [1.165, 1.54) is 23.5 Å². The van der Waals surface area contributed by atoms with Gasteiger partial charge in [-0.15, -0.1) is 10.2 Å². The highest BCUT2D eigenvalue weighted by Gasteiger charge is 2.12. The van der Waals surface area contributed by atoms with Crippen molar-refractivity contribution in [2.45, 2.75) is 13.3 Å². The second-order valence-electron chi connectivity index (χ2n) is 3.77. The van der Waals surface area contributed by atoms with Crippen LogP contribution in [0.1, 0.15) is 12.7 Å². The molecule has 3 aromatic rings. The molecule has 0 aliphatic carbocycles. The molecular weight excluding hydrogens is 252 g/mol. The van der Waals surface area contributed by atoms with E-state index in [9.17, 15) is 10.2 Å². The first kappa shape index (κ1) is 11.0. The molecule has 2 heterocycles. The van der Waals surface area contributed by atoms with Gasteiger partial charge in [0.25, 0.3) is 0 Å². The quantitative estimate of drug-likeness (QED) is 0.688. The molecule has 0 fully saturated rings. The van der Waals surface area contributed by atoms with Gasteiger partial charge >= 0.3 is 0 Å². The summed E-state index contributed by atoms with van der Waals surface area (Å²) in [5.41, 5.74) is 0.739. The second-order valence-corrected chi connectivity index (χ2v) is 4.73. The summed E-state index contributed by atoms with van der Waals surface area (Å²) in [6.07, 6.45) is 0.755. The van der Waals surface area contributed by atoms with Crippen LogP contribution in [0.4, 0.5) is 0 Å². The average Bonchev–Trinajstić information content (AvgIpc) is 2.92. The summed E-state index contributed by atoms with van der Waals surface area (Å²) >= 11 is 1.39. The molecule has 0 bridgehead atoms. The number of aromatic nitrogens is 4. The number of hydrogen-bond acceptors (Lipinski definition) is 6. The van der Waals surface area contributed by atoms with Crippen LogP contribution >= 0.6 is 11.3 Å². The molecule has 0 saturated carbocycles. The molecule has 92 valence electrons. The van der Waals surface area contributed by atoms with E-state index in [0.29, 0.717) is 0 Å². The number of rotatable bonds is 2. The van der Waals surface area contributed by atoms with Crippen molar-refractivity contribution in [2.75, 3.05) is 0 Å². The van der Waals surface area contributed by atoms with Crippen LogP contribution in [-0.4, -0.2) is 30.0 Å². The van der Waals surface area contributed by atoms with E-state index in [1.807, 2.05) is 6.92 Å². The average molecular weight is 262 g/mol. The third-order valence-electron chi connectivity index (χ3n) is 2.59. The van der Waals surface area contributed by atoms with Gasteiger partial charge in [0.1, 0.15) is 5.01 Å². The molecule has 0 aliphatic heterocycles. The van der Waals surface area contributed by atoms with E-state index >= 15 is 0 Å². The van der Waals surface area contributed by atoms with Gasteiger partial charge in [0, 0.05) is 12.0 Å². The van der Waals surface area contributed by atoms with Crippen LogP contribution in [0, 0.1) is 0 Å². The minimum Gasteiger partial charge on any atom is -0.504 e. The minimum absolute atomic E-state index is 0.143. The largest absolute Gasteiger partial charge is 0.504 e. The predicted octanol–water partition coefficient (Wildman–Crippen LogP) is 1.83. The lowest BCUT2D eigenvalue weighted by Gasteiger charge is -1.99. The standard InChI is InChI=1S/C11H10N4O2S/c1-2-9-12-13-11-15(9)14-10(18-11)6-3-4-7(16)8(17)5-6/h3-5,16-17H,2H2,1H3. The number of phenols is 2. The van der Waals surface area contributed by atoms with Crippen LogP contribution in [0.15, 0.2) is 18.2 Å². The Morgan fingerprint density at radius 1 is 1.22 bits per heavy atom. The molecule has 0 amide bonds. The predicted molar refractivity (Wildman–Crippen MR) is 66.8 cm³/mol. The fourth-order valence-electron chi connectivity index (χ4n) is 1.65. The zero-order valence-corrected chi connectivity index (χ0v) is 10.3. The number of aryl methyl sites for hydroxylation is 1. The van der Waals surface area contributed by atoms with Crippen LogP contribution in [0.2, 0.25) is 0 Å². The lowest BCUT2D eigenvalue weighted by atomic mass is 10.2. The van der Waals surface area contributed by atoms with Crippen molar-refractivity contribution in [3.8, 4) is 22.1 Å². The van der Waals surface area contributed by atoms with Gasteiger partial charge in [0.05, 0.1) is 0 Å². The first-order valence-electron chi connectivity index (χ1n) is 5.42. The van der Waals surface area contributed by atoms with E-state index in [0.717, 1.165) is 27.8 Å². The van der Waals surface area contributed by atoms with Crippen molar-refractivity contribution < 1.29 is 10.2 Å². The fraction of sp³-hybridized carbons (Fsp3) is 0.182. The van der Waals surface area contributed by atoms with Crippen molar-refractivity contribution in [3.05, 3.63) is 24.0 Å². The highest BCUT2D eigenvalue weighted by atomic mass is 32.1. The molecule has 1 aromatic carbocycles. The van der Waals surface area contributed by atoms with E-state index < -0.39 is 0 Å². The van der Waals surface area contributed by atoms with Gasteiger partial charge in [0.2, 0.25) is 4.96 Å². The van der Waals surface area contributed by atoms with Crippen molar-refractivity contribution in [1.29, 1.82) is 0 Å². The van der Waals surface area contributed by atoms with Crippen molar-refractivity contribution in [2.24, 2.45) is 0 Å². The molecule has 0 radical (unpaired) electrons. The lowest BCUT2D eigenvalue weighted by molar-refractivity contribution is 0.404. The first-order valence-corrected chi connectivity index (χ1v) is 6.24. The monoisotopic (exact) mass is 262 g/mol. The molecule has 18 heavy (non-hydrogen) atoms. The highest BCUT2D eigenvalue weighted by Crippen LogP contribution is 2.32. The Kier molecular flexibility index (Phi) is 2.41. The summed E-state index contributed by atoms with van der Waals surface area (Å²) in [4.78, 5) is 0.717. The Morgan fingerprint density at radius 3 is 2.78 bits per heavy atom. The van der Waals surface area contributed by atoms with Crippen molar-refractivity contribution in [1.82, 2.24) is 19.8 Å². The summed E-state index contributed by atoms with van der Waals surface area (Å²) in [6, 6.07) is 4.62. The molecule has 0 saturated heterocycles. The summed E-state index contributed by atoms with van der Waals surface area (Å²) in [6.45, 7) is 1.99. The summed E-state index contributed by atoms with van der Waals surface area (Å²) in [7, 11) is 0. The van der Waals surface area contributed by atoms with Crippen LogP contribution < -0.4 is 0 Å². The first-order chi connectivity index (χ1) is 8.69. The Morgan fingerprint density at radius 2 is 2.06 bits per heavy atom. The lowest BCUT2D eigenvalue weighted by Crippen LogP contribution is -1.93. The van der Waals surface area contributed by atoms with E-state index in [4.69, 9.17) is 0 Å². The van der Waals surface area contributed by atoms with E-state index in [1.54, 1.807) is 10.6 Å². The van der Waals surface area contributed by atoms with Crippen LogP contribution in [0.3, 0.4) is 0 Å². The molecule has 0 aliphatic rings. The highest BCUT2D eigenvalue weighted by molar-refractivity contribution is 7.19. The van der Waals surface area contributed by atoms with Gasteiger partial charge in [-0.3, -0.25) is 0 Å². The van der Waals surface area contributed by atoms with Crippen molar-refractivity contribution in [3.63, 3.8) is 0 Å². The van der Waals surface area contributed by atoms with Crippen LogP contribution in [0.5, 0.6) is 11.5 Å². The third kappa shape index (κ3) is 1.60. The maximum Gasteiger partial charge on any atom is 0.234 e. The fourth-order valence-corrected chi connectivity index (χ4v) is 2.51. The Hall–Kier alpha value is -2.15. The van der Waals surface area contributed by atoms with Gasteiger partial charge in [-0.25, -0.2) is 0 Å². The summed E-state index contributed by atoms with van der Waals surface area (Å²) in [5.74, 6) is 0.501. The molecule has 2 N–H and O–H groups in total. The molecule has 0 atom stereocenters. The number of hydrogen-bond donors (Lipinski definition) is 2. The van der Waals surface area contributed by atoms with E-state index in [-0.39, 0.29) is 11.5 Å². The molecule has 0 unspecified atom stereocenters. The number of nitrogens with zero attached hydrogens (tertiary/aromatic N) is 4. The number of fused-ring (bicyclic) bond motifs is 1. The van der Waals surface area contributed by atoms with Crippen LogP contribution in [0.25, 0.3) is 15.5 Å². The molecular formula is C11H10N4O2S. The summed E-state index contributed by atoms with van der Waals surface area (Å²) in [5, 5.41) is 31.9. The zero-order valence-electron chi connectivity index (χ0n) is 9.53. The normalized spacial score (nSPS) is 11.2. The molecule has 3 rings (SSSR count). The summed E-state index contributed by atoms with van der Waals surface area (Å²) < 4.78 is 1.70. The Bertz CT molecular complexity index is 719. The maximum absolute atomic E-state index is 9.48. The zero-order chi connectivity index (χ0) is 12.7. The molecule has 0 spiro atoms. The second kappa shape index (κ2) is 3.95. The smallest absolute Gasteiger partial charge is 0.234 e. The Balaban J connectivity index is 2.13. The third-order valence-corrected chi connectivity index (χ3v) is 3.54. The van der Waals surface area contributed by atoms with E-state index in [2.05, 4.69) is 15.3 Å². The van der Waals surface area contributed by atoms with Crippen molar-refractivity contribution >= 4 is 16.3 Å². The number of benzene rings is 1. The molecule has 2 aromatic heterocycles. The number of phenolic OH excluding ortho intramolecular Hbond substituents is 2. The molecule has 6 nitrogen and oxygen atoms in total. The SMILES string of the molecule is CCc1nnc2sc(-c3ccc(O)c(O)c3)nn12. The Labute approximate surface area is 106 Å². The van der Waals surface area contributed by atoms with Crippen LogP contribution in [-0.2, 0) is 6.42 Å². The van der Waals surface area contributed by atoms with Gasteiger partial charge in [-0.05, 0) is 18.2 Å². The van der Waals surface area contributed by atoms with Gasteiger partial charge < -0.3 is 10.2 Å². The minimum atomic E-state index is -0.158. The van der Waals surface area contributed by atoms with Gasteiger partial charge in [-0.2, -0.15) is 9.61 Å².